The molecule has 0 heterocycles. The topological polar surface area (TPSA) is 38.3 Å². The summed E-state index contributed by atoms with van der Waals surface area (Å²) in [5.74, 6) is 0.382. The van der Waals surface area contributed by atoms with E-state index < -0.39 is 0 Å². The summed E-state index contributed by atoms with van der Waals surface area (Å²) < 4.78 is 5.62. The third kappa shape index (κ3) is 8.25. The van der Waals surface area contributed by atoms with E-state index in [4.69, 9.17) is 4.74 Å². The van der Waals surface area contributed by atoms with Crippen LogP contribution in [0.2, 0.25) is 0 Å². The largest absolute Gasteiger partial charge is 0.461 e. The molecule has 3 unspecified atom stereocenters. The van der Waals surface area contributed by atoms with Gasteiger partial charge in [0.2, 0.25) is 0 Å². The first kappa shape index (κ1) is 22.5. The highest BCUT2D eigenvalue weighted by atomic mass is 16.5. The first-order valence-electron chi connectivity index (χ1n) is 10.5. The van der Waals surface area contributed by atoms with Gasteiger partial charge >= 0.3 is 5.97 Å². The first-order chi connectivity index (χ1) is 12.5. The van der Waals surface area contributed by atoms with Crippen molar-refractivity contribution in [2.75, 3.05) is 5.32 Å². The molecule has 0 aromatic heterocycles. The Balaban J connectivity index is 2.51. The maximum absolute atomic E-state index is 12.5. The average Bonchev–Trinajstić information content (AvgIpc) is 2.63. The van der Waals surface area contributed by atoms with Crippen LogP contribution in [0.4, 0.5) is 5.69 Å². The fraction of sp³-hybridized carbons (Fsp3) is 0.696. The number of rotatable bonds is 13. The molecule has 3 nitrogen and oxygen atoms in total. The maximum Gasteiger partial charge on any atom is 0.309 e. The molecule has 0 radical (unpaired) electrons. The number of benzene rings is 1. The van der Waals surface area contributed by atoms with Gasteiger partial charge in [-0.3, -0.25) is 4.79 Å². The number of hydrogen-bond donors (Lipinski definition) is 1. The summed E-state index contributed by atoms with van der Waals surface area (Å²) in [4.78, 5) is 12.5. The number of hydrogen-bond acceptors (Lipinski definition) is 3. The minimum absolute atomic E-state index is 0.0281. The average molecular weight is 362 g/mol. The molecule has 148 valence electrons. The molecule has 0 fully saturated rings. The van der Waals surface area contributed by atoms with E-state index in [2.05, 4.69) is 52.1 Å². The lowest BCUT2D eigenvalue weighted by Gasteiger charge is -2.21. The van der Waals surface area contributed by atoms with Gasteiger partial charge < -0.3 is 10.1 Å². The number of ether oxygens (including phenoxy) is 1. The third-order valence-corrected chi connectivity index (χ3v) is 5.07. The van der Waals surface area contributed by atoms with Crippen LogP contribution in [0.15, 0.2) is 24.3 Å². The molecule has 0 amide bonds. The number of esters is 1. The zero-order valence-corrected chi connectivity index (χ0v) is 17.5. The van der Waals surface area contributed by atoms with Crippen LogP contribution in [0.25, 0.3) is 0 Å². The maximum atomic E-state index is 12.5. The number of nitrogens with one attached hydrogen (secondary N) is 1. The highest BCUT2D eigenvalue weighted by molar-refractivity contribution is 5.72. The predicted molar refractivity (Wildman–Crippen MR) is 111 cm³/mol. The van der Waals surface area contributed by atoms with Crippen molar-refractivity contribution in [3.63, 3.8) is 0 Å². The highest BCUT2D eigenvalue weighted by Crippen LogP contribution is 2.24. The van der Waals surface area contributed by atoms with Crippen LogP contribution in [0, 0.1) is 11.8 Å². The van der Waals surface area contributed by atoms with Gasteiger partial charge in [0.05, 0.1) is 5.92 Å². The highest BCUT2D eigenvalue weighted by Gasteiger charge is 2.25. The van der Waals surface area contributed by atoms with E-state index in [0.717, 1.165) is 36.9 Å². The van der Waals surface area contributed by atoms with Crippen LogP contribution in [0.1, 0.15) is 85.1 Å². The van der Waals surface area contributed by atoms with Crippen LogP contribution in [0.5, 0.6) is 0 Å². The second kappa shape index (κ2) is 12.8. The summed E-state index contributed by atoms with van der Waals surface area (Å²) in [5.41, 5.74) is 2.17. The molecular formula is C23H39NO2. The quantitative estimate of drug-likeness (QED) is 0.404. The number of carbonyl (C=O) groups excluding carboxylic acids is 1. The van der Waals surface area contributed by atoms with E-state index in [0.29, 0.717) is 18.6 Å². The molecule has 1 aromatic carbocycles. The van der Waals surface area contributed by atoms with Crippen molar-refractivity contribution >= 4 is 11.7 Å². The molecule has 1 aromatic rings. The van der Waals surface area contributed by atoms with Gasteiger partial charge in [-0.15, -0.1) is 0 Å². The van der Waals surface area contributed by atoms with Gasteiger partial charge in [0.25, 0.3) is 0 Å². The Bertz CT molecular complexity index is 497. The predicted octanol–water partition coefficient (Wildman–Crippen LogP) is 6.57. The Morgan fingerprint density at radius 3 is 2.19 bits per heavy atom. The molecule has 0 spiro atoms. The molecule has 0 bridgehead atoms. The van der Waals surface area contributed by atoms with E-state index in [1.165, 1.54) is 19.3 Å². The van der Waals surface area contributed by atoms with Crippen molar-refractivity contribution in [1.82, 2.24) is 0 Å². The van der Waals surface area contributed by atoms with Crippen molar-refractivity contribution < 1.29 is 9.53 Å². The number of anilines is 1. The van der Waals surface area contributed by atoms with E-state index in [9.17, 15) is 4.79 Å². The van der Waals surface area contributed by atoms with Crippen molar-refractivity contribution in [3.8, 4) is 0 Å². The fourth-order valence-electron chi connectivity index (χ4n) is 3.43. The van der Waals surface area contributed by atoms with Crippen LogP contribution in [-0.4, -0.2) is 12.0 Å². The smallest absolute Gasteiger partial charge is 0.309 e. The van der Waals surface area contributed by atoms with Crippen LogP contribution < -0.4 is 5.32 Å². The summed E-state index contributed by atoms with van der Waals surface area (Å²) in [6.45, 7) is 11.3. The minimum atomic E-state index is -0.0387. The molecule has 0 saturated carbocycles. The second-order valence-corrected chi connectivity index (χ2v) is 7.65. The van der Waals surface area contributed by atoms with Crippen molar-refractivity contribution in [1.29, 1.82) is 0 Å². The van der Waals surface area contributed by atoms with Gasteiger partial charge in [-0.05, 0) is 43.4 Å². The Morgan fingerprint density at radius 1 is 0.962 bits per heavy atom. The van der Waals surface area contributed by atoms with E-state index >= 15 is 0 Å². The number of carbonyl (C=O) groups is 1. The molecule has 0 aliphatic heterocycles. The molecule has 3 atom stereocenters. The van der Waals surface area contributed by atoms with Crippen molar-refractivity contribution in [2.45, 2.75) is 92.2 Å². The molecule has 3 heteroatoms. The summed E-state index contributed by atoms with van der Waals surface area (Å²) >= 11 is 0. The van der Waals surface area contributed by atoms with Gasteiger partial charge in [-0.1, -0.05) is 71.9 Å². The Morgan fingerprint density at radius 2 is 1.62 bits per heavy atom. The minimum Gasteiger partial charge on any atom is -0.461 e. The van der Waals surface area contributed by atoms with Crippen LogP contribution in [0.3, 0.4) is 0 Å². The van der Waals surface area contributed by atoms with E-state index in [1.54, 1.807) is 0 Å². The molecule has 0 saturated heterocycles. The first-order valence-corrected chi connectivity index (χ1v) is 10.5. The Labute approximate surface area is 160 Å². The monoisotopic (exact) mass is 361 g/mol. The zero-order chi connectivity index (χ0) is 19.4. The van der Waals surface area contributed by atoms with Crippen LogP contribution in [-0.2, 0) is 16.1 Å². The number of unbranched alkanes of at least 4 members (excludes halogenated alkanes) is 1. The molecular weight excluding hydrogens is 322 g/mol. The second-order valence-electron chi connectivity index (χ2n) is 7.65. The Hall–Kier alpha value is -1.51. The SMILES string of the molecule is CCCCC(C)Nc1ccc(COC(=O)C(CCC)C(C)CCC)cc1. The zero-order valence-electron chi connectivity index (χ0n) is 17.5. The van der Waals surface area contributed by atoms with E-state index in [1.807, 2.05) is 12.1 Å². The lowest BCUT2D eigenvalue weighted by atomic mass is 9.87. The van der Waals surface area contributed by atoms with E-state index in [-0.39, 0.29) is 11.9 Å². The van der Waals surface area contributed by atoms with Gasteiger partial charge in [0.1, 0.15) is 6.61 Å². The lowest BCUT2D eigenvalue weighted by Crippen LogP contribution is -2.24. The summed E-state index contributed by atoms with van der Waals surface area (Å²) in [6.07, 6.45) is 7.79. The molecule has 1 rings (SSSR count). The van der Waals surface area contributed by atoms with Crippen molar-refractivity contribution in [2.24, 2.45) is 11.8 Å². The standard InChI is InChI=1S/C23H39NO2/c1-6-9-12-19(5)24-21-15-13-20(14-16-21)17-26-23(25)22(11-8-3)18(4)10-7-2/h13-16,18-19,22,24H,6-12,17H2,1-5H3. The normalized spacial score (nSPS) is 14.5. The Kier molecular flexibility index (Phi) is 11.1. The summed E-state index contributed by atoms with van der Waals surface area (Å²) in [5, 5.41) is 3.52. The molecule has 0 aliphatic carbocycles. The van der Waals surface area contributed by atoms with Gasteiger partial charge in [0, 0.05) is 11.7 Å². The summed E-state index contributed by atoms with van der Waals surface area (Å²) in [7, 11) is 0. The molecule has 1 N–H and O–H groups in total. The van der Waals surface area contributed by atoms with Crippen molar-refractivity contribution in [3.05, 3.63) is 29.8 Å². The van der Waals surface area contributed by atoms with Gasteiger partial charge in [-0.25, -0.2) is 0 Å². The van der Waals surface area contributed by atoms with Gasteiger partial charge in [0.15, 0.2) is 0 Å². The molecule has 26 heavy (non-hydrogen) atoms. The third-order valence-electron chi connectivity index (χ3n) is 5.07. The summed E-state index contributed by atoms with van der Waals surface area (Å²) in [6, 6.07) is 8.73. The van der Waals surface area contributed by atoms with Gasteiger partial charge in [-0.2, -0.15) is 0 Å². The lowest BCUT2D eigenvalue weighted by molar-refractivity contribution is -0.152. The molecule has 0 aliphatic rings. The fourth-order valence-corrected chi connectivity index (χ4v) is 3.43. The van der Waals surface area contributed by atoms with Crippen LogP contribution >= 0.6 is 0 Å².